The summed E-state index contributed by atoms with van der Waals surface area (Å²) in [6.45, 7) is 9.28. The molecule has 0 saturated heterocycles. The van der Waals surface area contributed by atoms with E-state index in [1.807, 2.05) is 26.0 Å². The van der Waals surface area contributed by atoms with Crippen molar-refractivity contribution < 1.29 is 4.74 Å². The van der Waals surface area contributed by atoms with Crippen LogP contribution in [0, 0.1) is 13.8 Å². The van der Waals surface area contributed by atoms with Gasteiger partial charge in [-0.25, -0.2) is 0 Å². The van der Waals surface area contributed by atoms with Crippen molar-refractivity contribution >= 4 is 11.6 Å². The first-order valence-electron chi connectivity index (χ1n) is 6.24. The van der Waals surface area contributed by atoms with Crippen molar-refractivity contribution in [3.63, 3.8) is 0 Å². The van der Waals surface area contributed by atoms with Crippen molar-refractivity contribution in [2.24, 2.45) is 10.7 Å². The number of nitrogens with one attached hydrogen (secondary N) is 1. The first kappa shape index (κ1) is 14.5. The van der Waals surface area contributed by atoms with Crippen LogP contribution in [0.1, 0.15) is 25.0 Å². The van der Waals surface area contributed by atoms with Crippen LogP contribution < -0.4 is 11.1 Å². The number of guanidine groups is 1. The van der Waals surface area contributed by atoms with Gasteiger partial charge in [-0.15, -0.1) is 0 Å². The van der Waals surface area contributed by atoms with Gasteiger partial charge in [0.15, 0.2) is 5.96 Å². The highest BCUT2D eigenvalue weighted by Crippen LogP contribution is 2.13. The highest BCUT2D eigenvalue weighted by Gasteiger charge is 1.98. The summed E-state index contributed by atoms with van der Waals surface area (Å²) in [4.78, 5) is 4.21. The van der Waals surface area contributed by atoms with Crippen LogP contribution in [0.5, 0.6) is 0 Å². The highest BCUT2D eigenvalue weighted by molar-refractivity contribution is 5.92. The molecule has 1 aromatic rings. The van der Waals surface area contributed by atoms with Gasteiger partial charge in [-0.2, -0.15) is 0 Å². The molecule has 0 radical (unpaired) electrons. The molecule has 4 nitrogen and oxygen atoms in total. The Bertz CT molecular complexity index is 393. The van der Waals surface area contributed by atoms with E-state index in [0.29, 0.717) is 19.1 Å². The molecule has 0 saturated carbocycles. The van der Waals surface area contributed by atoms with Crippen LogP contribution in [-0.2, 0) is 4.74 Å². The first-order valence-corrected chi connectivity index (χ1v) is 6.24. The van der Waals surface area contributed by atoms with E-state index < -0.39 is 0 Å². The zero-order chi connectivity index (χ0) is 13.5. The zero-order valence-electron chi connectivity index (χ0n) is 11.7. The lowest BCUT2D eigenvalue weighted by Crippen LogP contribution is -2.23. The van der Waals surface area contributed by atoms with Gasteiger partial charge in [0.05, 0.1) is 19.3 Å². The largest absolute Gasteiger partial charge is 0.377 e. The molecular weight excluding hydrogens is 226 g/mol. The van der Waals surface area contributed by atoms with Crippen LogP contribution in [0.15, 0.2) is 23.2 Å². The lowest BCUT2D eigenvalue weighted by Gasteiger charge is -2.09. The van der Waals surface area contributed by atoms with E-state index in [0.717, 1.165) is 5.69 Å². The molecule has 0 aliphatic heterocycles. The van der Waals surface area contributed by atoms with Gasteiger partial charge < -0.3 is 15.8 Å². The maximum Gasteiger partial charge on any atom is 0.193 e. The molecule has 1 rings (SSSR count). The van der Waals surface area contributed by atoms with E-state index in [1.54, 1.807) is 0 Å². The third-order valence-corrected chi connectivity index (χ3v) is 2.32. The van der Waals surface area contributed by atoms with Gasteiger partial charge in [0.25, 0.3) is 0 Å². The monoisotopic (exact) mass is 249 g/mol. The van der Waals surface area contributed by atoms with Crippen molar-refractivity contribution in [2.75, 3.05) is 18.5 Å². The predicted molar refractivity (Wildman–Crippen MR) is 77.1 cm³/mol. The summed E-state index contributed by atoms with van der Waals surface area (Å²) >= 11 is 0. The SMILES string of the molecule is Cc1cc(C)cc(NC(N)=NCCOC(C)C)c1. The quantitative estimate of drug-likeness (QED) is 0.479. The molecule has 0 atom stereocenters. The zero-order valence-corrected chi connectivity index (χ0v) is 11.7. The Kier molecular flexibility index (Phi) is 5.65. The van der Waals surface area contributed by atoms with E-state index in [2.05, 4.69) is 30.2 Å². The maximum absolute atomic E-state index is 5.81. The molecule has 0 spiro atoms. The predicted octanol–water partition coefficient (Wildman–Crippen LogP) is 2.46. The molecule has 0 fully saturated rings. The smallest absolute Gasteiger partial charge is 0.193 e. The van der Waals surface area contributed by atoms with Gasteiger partial charge in [-0.1, -0.05) is 6.07 Å². The second-order valence-corrected chi connectivity index (χ2v) is 4.69. The fourth-order valence-corrected chi connectivity index (χ4v) is 1.69. The fourth-order valence-electron chi connectivity index (χ4n) is 1.69. The van der Waals surface area contributed by atoms with E-state index in [-0.39, 0.29) is 6.10 Å². The van der Waals surface area contributed by atoms with E-state index in [1.165, 1.54) is 11.1 Å². The summed E-state index contributed by atoms with van der Waals surface area (Å²) in [6.07, 6.45) is 0.230. The molecule has 0 bridgehead atoms. The van der Waals surface area contributed by atoms with Gasteiger partial charge in [0.2, 0.25) is 0 Å². The van der Waals surface area contributed by atoms with Crippen LogP contribution in [0.3, 0.4) is 0 Å². The van der Waals surface area contributed by atoms with Gasteiger partial charge in [0, 0.05) is 5.69 Å². The number of nitrogens with two attached hydrogens (primary N) is 1. The maximum atomic E-state index is 5.81. The summed E-state index contributed by atoms with van der Waals surface area (Å²) < 4.78 is 5.39. The van der Waals surface area contributed by atoms with Gasteiger partial charge in [-0.05, 0) is 51.0 Å². The Balaban J connectivity index is 2.48. The average Bonchev–Trinajstić information content (AvgIpc) is 2.22. The lowest BCUT2D eigenvalue weighted by molar-refractivity contribution is 0.0853. The number of nitrogens with zero attached hydrogens (tertiary/aromatic N) is 1. The summed E-state index contributed by atoms with van der Waals surface area (Å²) in [6, 6.07) is 6.20. The molecule has 0 heterocycles. The fraction of sp³-hybridized carbons (Fsp3) is 0.500. The molecule has 0 amide bonds. The standard InChI is InChI=1S/C14H23N3O/c1-10(2)18-6-5-16-14(15)17-13-8-11(3)7-12(4)9-13/h7-10H,5-6H2,1-4H3,(H3,15,16,17). The third-order valence-electron chi connectivity index (χ3n) is 2.32. The van der Waals surface area contributed by atoms with Crippen molar-refractivity contribution in [1.82, 2.24) is 0 Å². The Labute approximate surface area is 109 Å². The topological polar surface area (TPSA) is 59.6 Å². The second-order valence-electron chi connectivity index (χ2n) is 4.69. The highest BCUT2D eigenvalue weighted by atomic mass is 16.5. The normalized spacial score (nSPS) is 11.9. The molecule has 100 valence electrons. The van der Waals surface area contributed by atoms with Crippen molar-refractivity contribution in [2.45, 2.75) is 33.8 Å². The number of rotatable bonds is 5. The van der Waals surface area contributed by atoms with Crippen molar-refractivity contribution in [3.05, 3.63) is 29.3 Å². The summed E-state index contributed by atoms with van der Waals surface area (Å²) in [5.41, 5.74) is 9.18. The van der Waals surface area contributed by atoms with Crippen LogP contribution in [0.2, 0.25) is 0 Å². The number of hydrogen-bond acceptors (Lipinski definition) is 2. The van der Waals surface area contributed by atoms with Crippen LogP contribution in [-0.4, -0.2) is 25.2 Å². The number of anilines is 1. The van der Waals surface area contributed by atoms with Gasteiger partial charge in [-0.3, -0.25) is 4.99 Å². The Morgan fingerprint density at radius 2 is 1.89 bits per heavy atom. The minimum Gasteiger partial charge on any atom is -0.377 e. The van der Waals surface area contributed by atoms with E-state index in [9.17, 15) is 0 Å². The molecular formula is C14H23N3O. The minimum atomic E-state index is 0.230. The van der Waals surface area contributed by atoms with Crippen LogP contribution in [0.25, 0.3) is 0 Å². The van der Waals surface area contributed by atoms with E-state index in [4.69, 9.17) is 10.5 Å². The number of aliphatic imine (C=N–C) groups is 1. The molecule has 0 aromatic heterocycles. The molecule has 4 heteroatoms. The Morgan fingerprint density at radius 3 is 2.44 bits per heavy atom. The van der Waals surface area contributed by atoms with Crippen LogP contribution >= 0.6 is 0 Å². The summed E-state index contributed by atoms with van der Waals surface area (Å²) in [5.74, 6) is 0.423. The first-order chi connectivity index (χ1) is 8.47. The van der Waals surface area contributed by atoms with E-state index >= 15 is 0 Å². The summed E-state index contributed by atoms with van der Waals surface area (Å²) in [5, 5.41) is 3.08. The van der Waals surface area contributed by atoms with Crippen molar-refractivity contribution in [1.29, 1.82) is 0 Å². The van der Waals surface area contributed by atoms with Gasteiger partial charge in [0.1, 0.15) is 0 Å². The minimum absolute atomic E-state index is 0.230. The molecule has 18 heavy (non-hydrogen) atoms. The molecule has 1 aromatic carbocycles. The second kappa shape index (κ2) is 7.01. The van der Waals surface area contributed by atoms with Gasteiger partial charge >= 0.3 is 0 Å². The average molecular weight is 249 g/mol. The summed E-state index contributed by atoms with van der Waals surface area (Å²) in [7, 11) is 0. The molecule has 0 aliphatic rings. The Hall–Kier alpha value is -1.55. The lowest BCUT2D eigenvalue weighted by atomic mass is 10.1. The van der Waals surface area contributed by atoms with Crippen LogP contribution in [0.4, 0.5) is 5.69 Å². The number of aryl methyl sites for hydroxylation is 2. The molecule has 0 aliphatic carbocycles. The Morgan fingerprint density at radius 1 is 1.28 bits per heavy atom. The molecule has 0 unspecified atom stereocenters. The number of benzene rings is 1. The number of ether oxygens (including phenoxy) is 1. The molecule has 3 N–H and O–H groups in total. The van der Waals surface area contributed by atoms with Crippen molar-refractivity contribution in [3.8, 4) is 0 Å². The third kappa shape index (κ3) is 5.68. The number of hydrogen-bond donors (Lipinski definition) is 2.